The van der Waals surface area contributed by atoms with Gasteiger partial charge in [-0.15, -0.1) is 0 Å². The van der Waals surface area contributed by atoms with Gasteiger partial charge in [-0.1, -0.05) is 17.7 Å². The van der Waals surface area contributed by atoms with Gasteiger partial charge in [-0.25, -0.2) is 4.98 Å². The van der Waals surface area contributed by atoms with Crippen molar-refractivity contribution in [2.24, 2.45) is 0 Å². The van der Waals surface area contributed by atoms with Gasteiger partial charge in [-0.05, 0) is 42.7 Å². The zero-order chi connectivity index (χ0) is 19.5. The highest BCUT2D eigenvalue weighted by molar-refractivity contribution is 6.31. The van der Waals surface area contributed by atoms with Crippen LogP contribution in [-0.4, -0.2) is 37.8 Å². The van der Waals surface area contributed by atoms with Crippen LogP contribution in [0.1, 0.15) is 24.0 Å². The molecule has 7 heteroatoms. The number of hydrogen-bond acceptors (Lipinski definition) is 5. The summed E-state index contributed by atoms with van der Waals surface area (Å²) in [5.41, 5.74) is 1.88. The van der Waals surface area contributed by atoms with Crippen LogP contribution in [0, 0.1) is 6.92 Å². The van der Waals surface area contributed by atoms with Gasteiger partial charge in [0.2, 0.25) is 11.8 Å². The number of nitrogens with one attached hydrogen (secondary N) is 1. The van der Waals surface area contributed by atoms with E-state index >= 15 is 0 Å². The number of carbonyl (C=O) groups is 1. The number of benzene rings is 1. The number of hydrogen-bond donors (Lipinski definition) is 1. The summed E-state index contributed by atoms with van der Waals surface area (Å²) in [6.45, 7) is 3.80. The molecule has 0 saturated heterocycles. The molecule has 1 aromatic heterocycles. The summed E-state index contributed by atoms with van der Waals surface area (Å²) in [6.07, 6.45) is 2.73. The fourth-order valence-electron chi connectivity index (χ4n) is 2.25. The van der Waals surface area contributed by atoms with Crippen LogP contribution in [0.5, 0.6) is 11.6 Å². The smallest absolute Gasteiger partial charge is 0.220 e. The van der Waals surface area contributed by atoms with Crippen LogP contribution in [0.25, 0.3) is 0 Å². The number of halogens is 1. The summed E-state index contributed by atoms with van der Waals surface area (Å²) in [7, 11) is 1.62. The van der Waals surface area contributed by atoms with Crippen LogP contribution in [0.3, 0.4) is 0 Å². The van der Waals surface area contributed by atoms with Gasteiger partial charge in [0.25, 0.3) is 0 Å². The minimum atomic E-state index is -0.0219. The molecule has 0 bridgehead atoms. The Morgan fingerprint density at radius 3 is 2.70 bits per heavy atom. The molecule has 1 aromatic carbocycles. The van der Waals surface area contributed by atoms with Crippen LogP contribution in [0.4, 0.5) is 0 Å². The quantitative estimate of drug-likeness (QED) is 0.592. The fraction of sp³-hybridized carbons (Fsp3) is 0.400. The highest BCUT2D eigenvalue weighted by Crippen LogP contribution is 2.21. The minimum Gasteiger partial charge on any atom is -0.494 e. The molecule has 0 radical (unpaired) electrons. The summed E-state index contributed by atoms with van der Waals surface area (Å²) in [6, 6.07) is 9.17. The van der Waals surface area contributed by atoms with Gasteiger partial charge in [0.1, 0.15) is 12.4 Å². The van der Waals surface area contributed by atoms with Crippen molar-refractivity contribution in [2.75, 3.05) is 26.9 Å². The standard InChI is InChI=1S/C20H25ClN2O4/c1-15-12-17(6-7-18(15)21)26-9-3-4-19(24)22-13-16-5-8-20(23-14-16)27-11-10-25-2/h5-8,12,14H,3-4,9-11,13H2,1-2H3,(H,22,24). The van der Waals surface area contributed by atoms with Crippen molar-refractivity contribution in [1.29, 1.82) is 0 Å². The third-order valence-corrected chi connectivity index (χ3v) is 4.20. The molecule has 6 nitrogen and oxygen atoms in total. The van der Waals surface area contributed by atoms with Gasteiger partial charge in [-0.2, -0.15) is 0 Å². The Morgan fingerprint density at radius 2 is 2.00 bits per heavy atom. The maximum Gasteiger partial charge on any atom is 0.220 e. The molecule has 0 saturated carbocycles. The van der Waals surface area contributed by atoms with Crippen LogP contribution in [-0.2, 0) is 16.1 Å². The summed E-state index contributed by atoms with van der Waals surface area (Å²) < 4.78 is 15.9. The van der Waals surface area contributed by atoms with E-state index in [-0.39, 0.29) is 5.91 Å². The predicted molar refractivity (Wildman–Crippen MR) is 104 cm³/mol. The largest absolute Gasteiger partial charge is 0.494 e. The Hall–Kier alpha value is -2.31. The highest BCUT2D eigenvalue weighted by atomic mass is 35.5. The number of carbonyl (C=O) groups excluding carboxylic acids is 1. The lowest BCUT2D eigenvalue weighted by molar-refractivity contribution is -0.121. The summed E-state index contributed by atoms with van der Waals surface area (Å²) >= 11 is 5.98. The van der Waals surface area contributed by atoms with E-state index in [1.807, 2.05) is 25.1 Å². The fourth-order valence-corrected chi connectivity index (χ4v) is 2.37. The molecule has 146 valence electrons. The van der Waals surface area contributed by atoms with E-state index in [1.54, 1.807) is 25.4 Å². The molecule has 0 spiro atoms. The zero-order valence-electron chi connectivity index (χ0n) is 15.7. The van der Waals surface area contributed by atoms with Gasteiger partial charge in [-0.3, -0.25) is 4.79 Å². The van der Waals surface area contributed by atoms with Crippen LogP contribution < -0.4 is 14.8 Å². The Bertz CT molecular complexity index is 722. The molecule has 0 atom stereocenters. The zero-order valence-corrected chi connectivity index (χ0v) is 16.4. The average Bonchev–Trinajstić information content (AvgIpc) is 2.67. The van der Waals surface area contributed by atoms with Crippen molar-refractivity contribution >= 4 is 17.5 Å². The van der Waals surface area contributed by atoms with Gasteiger partial charge in [0, 0.05) is 37.4 Å². The van der Waals surface area contributed by atoms with Crippen molar-refractivity contribution in [2.45, 2.75) is 26.3 Å². The molecule has 0 aliphatic rings. The predicted octanol–water partition coefficient (Wildman–Crippen LogP) is 3.54. The maximum absolute atomic E-state index is 11.9. The number of aryl methyl sites for hydroxylation is 1. The molecule has 1 heterocycles. The molecule has 2 aromatic rings. The lowest BCUT2D eigenvalue weighted by atomic mass is 10.2. The summed E-state index contributed by atoms with van der Waals surface area (Å²) in [5, 5.41) is 3.59. The Balaban J connectivity index is 1.62. The van der Waals surface area contributed by atoms with Crippen molar-refractivity contribution in [3.63, 3.8) is 0 Å². The molecular formula is C20H25ClN2O4. The molecule has 2 rings (SSSR count). The second kappa shape index (κ2) is 11.4. The molecule has 27 heavy (non-hydrogen) atoms. The first kappa shape index (κ1) is 21.0. The van der Waals surface area contributed by atoms with Crippen LogP contribution >= 0.6 is 11.6 Å². The van der Waals surface area contributed by atoms with Crippen molar-refractivity contribution in [1.82, 2.24) is 10.3 Å². The van der Waals surface area contributed by atoms with Crippen LogP contribution in [0.15, 0.2) is 36.5 Å². The van der Waals surface area contributed by atoms with E-state index in [9.17, 15) is 4.79 Å². The number of methoxy groups -OCH3 is 1. The van der Waals surface area contributed by atoms with Crippen molar-refractivity contribution in [3.8, 4) is 11.6 Å². The first-order chi connectivity index (χ1) is 13.1. The molecule has 0 unspecified atom stereocenters. The molecule has 1 N–H and O–H groups in total. The number of nitrogens with zero attached hydrogens (tertiary/aromatic N) is 1. The number of aromatic nitrogens is 1. The normalized spacial score (nSPS) is 10.5. The van der Waals surface area contributed by atoms with Gasteiger partial charge >= 0.3 is 0 Å². The van der Waals surface area contributed by atoms with E-state index in [1.165, 1.54) is 0 Å². The van der Waals surface area contributed by atoms with Gasteiger partial charge in [0.15, 0.2) is 0 Å². The number of ether oxygens (including phenoxy) is 3. The van der Waals surface area contributed by atoms with E-state index < -0.39 is 0 Å². The van der Waals surface area contributed by atoms with Crippen LogP contribution in [0.2, 0.25) is 5.02 Å². The maximum atomic E-state index is 11.9. The minimum absolute atomic E-state index is 0.0219. The first-order valence-corrected chi connectivity index (χ1v) is 9.18. The van der Waals surface area contributed by atoms with E-state index in [0.717, 1.165) is 16.9 Å². The van der Waals surface area contributed by atoms with E-state index in [2.05, 4.69) is 10.3 Å². The molecule has 0 fully saturated rings. The van der Waals surface area contributed by atoms with Gasteiger partial charge < -0.3 is 19.5 Å². The second-order valence-electron chi connectivity index (χ2n) is 5.99. The molecule has 0 aliphatic carbocycles. The van der Waals surface area contributed by atoms with Crippen molar-refractivity contribution in [3.05, 3.63) is 52.7 Å². The first-order valence-electron chi connectivity index (χ1n) is 8.81. The summed E-state index contributed by atoms with van der Waals surface area (Å²) in [5.74, 6) is 1.28. The number of rotatable bonds is 11. The Kier molecular flexibility index (Phi) is 8.87. The lowest BCUT2D eigenvalue weighted by Gasteiger charge is -2.09. The number of pyridine rings is 1. The molecular weight excluding hydrogens is 368 g/mol. The third kappa shape index (κ3) is 7.85. The Morgan fingerprint density at radius 1 is 1.15 bits per heavy atom. The monoisotopic (exact) mass is 392 g/mol. The SMILES string of the molecule is COCCOc1ccc(CNC(=O)CCCOc2ccc(Cl)c(C)c2)cn1. The highest BCUT2D eigenvalue weighted by Gasteiger charge is 2.04. The topological polar surface area (TPSA) is 69.7 Å². The number of amides is 1. The molecule has 0 aliphatic heterocycles. The second-order valence-corrected chi connectivity index (χ2v) is 6.39. The van der Waals surface area contributed by atoms with Crippen molar-refractivity contribution < 1.29 is 19.0 Å². The Labute approximate surface area is 164 Å². The third-order valence-electron chi connectivity index (χ3n) is 3.77. The van der Waals surface area contributed by atoms with E-state index in [4.69, 9.17) is 25.8 Å². The summed E-state index contributed by atoms with van der Waals surface area (Å²) in [4.78, 5) is 16.1. The lowest BCUT2D eigenvalue weighted by Crippen LogP contribution is -2.23. The van der Waals surface area contributed by atoms with E-state index in [0.29, 0.717) is 50.1 Å². The van der Waals surface area contributed by atoms with Gasteiger partial charge in [0.05, 0.1) is 13.2 Å². The molecule has 1 amide bonds. The average molecular weight is 393 g/mol.